The van der Waals surface area contributed by atoms with Gasteiger partial charge in [-0.25, -0.2) is 0 Å². The van der Waals surface area contributed by atoms with Crippen molar-refractivity contribution in [2.24, 2.45) is 0 Å². The maximum atomic E-state index is 8.90. The maximum absolute atomic E-state index is 8.90. The Balaban J connectivity index is 2.77. The fourth-order valence-electron chi connectivity index (χ4n) is 1.50. The van der Waals surface area contributed by atoms with Crippen molar-refractivity contribution in [2.45, 2.75) is 5.88 Å². The summed E-state index contributed by atoms with van der Waals surface area (Å²) >= 11 is 5.76. The van der Waals surface area contributed by atoms with Crippen LogP contribution in [0.1, 0.15) is 11.1 Å². The normalized spacial score (nSPS) is 10.0. The van der Waals surface area contributed by atoms with Crippen molar-refractivity contribution in [2.75, 3.05) is 0 Å². The highest BCUT2D eigenvalue weighted by Gasteiger charge is 2.02. The lowest BCUT2D eigenvalue weighted by molar-refractivity contribution is 1.37. The molecule has 0 heterocycles. The lowest BCUT2D eigenvalue weighted by Gasteiger charge is -2.02. The van der Waals surface area contributed by atoms with Crippen LogP contribution in [0, 0.1) is 11.3 Å². The van der Waals surface area contributed by atoms with Crippen LogP contribution in [0.15, 0.2) is 36.4 Å². The Morgan fingerprint density at radius 3 is 2.36 bits per heavy atom. The Morgan fingerprint density at radius 1 is 1.14 bits per heavy atom. The monoisotopic (exact) mass is 201 g/mol. The van der Waals surface area contributed by atoms with Crippen molar-refractivity contribution in [3.05, 3.63) is 47.5 Å². The summed E-state index contributed by atoms with van der Waals surface area (Å²) in [6.07, 6.45) is 0. The number of alkyl halides is 1. The molecule has 0 saturated heterocycles. The van der Waals surface area contributed by atoms with Crippen molar-refractivity contribution in [1.82, 2.24) is 0 Å². The number of nitriles is 1. The molecule has 2 aromatic rings. The number of hydrogen-bond acceptors (Lipinski definition) is 1. The molecule has 0 fully saturated rings. The Morgan fingerprint density at radius 2 is 1.79 bits per heavy atom. The van der Waals surface area contributed by atoms with E-state index in [9.17, 15) is 0 Å². The fourth-order valence-corrected chi connectivity index (χ4v) is 1.72. The first kappa shape index (κ1) is 9.05. The minimum absolute atomic E-state index is 0.383. The molecule has 2 aromatic carbocycles. The molecule has 0 N–H and O–H groups in total. The second-order valence-electron chi connectivity index (χ2n) is 3.10. The van der Waals surface area contributed by atoms with Crippen molar-refractivity contribution < 1.29 is 0 Å². The molecule has 0 unspecified atom stereocenters. The van der Waals surface area contributed by atoms with Gasteiger partial charge in [-0.1, -0.05) is 24.3 Å². The van der Waals surface area contributed by atoms with Crippen molar-refractivity contribution in [3.63, 3.8) is 0 Å². The second-order valence-corrected chi connectivity index (χ2v) is 3.37. The van der Waals surface area contributed by atoms with E-state index in [2.05, 4.69) is 6.07 Å². The van der Waals surface area contributed by atoms with E-state index in [0.29, 0.717) is 11.4 Å². The first-order valence-electron chi connectivity index (χ1n) is 4.33. The Kier molecular flexibility index (Phi) is 2.39. The predicted molar refractivity (Wildman–Crippen MR) is 58.2 cm³/mol. The molecule has 68 valence electrons. The summed E-state index contributed by atoms with van der Waals surface area (Å²) in [5.74, 6) is 0.383. The zero-order valence-electron chi connectivity index (χ0n) is 7.50. The summed E-state index contributed by atoms with van der Waals surface area (Å²) < 4.78 is 0. The van der Waals surface area contributed by atoms with Gasteiger partial charge in [-0.05, 0) is 28.5 Å². The Bertz CT molecular complexity index is 511. The zero-order valence-corrected chi connectivity index (χ0v) is 8.25. The number of rotatable bonds is 1. The number of nitrogens with zero attached hydrogens (tertiary/aromatic N) is 1. The molecule has 0 aliphatic rings. The minimum atomic E-state index is 0.383. The van der Waals surface area contributed by atoms with E-state index in [1.165, 1.54) is 0 Å². The van der Waals surface area contributed by atoms with Gasteiger partial charge in [0.25, 0.3) is 0 Å². The standard InChI is InChI=1S/C12H8ClN/c13-7-11-5-9-3-1-2-4-10(9)6-12(11)8-14/h1-6H,7H2. The van der Waals surface area contributed by atoms with Crippen molar-refractivity contribution in [1.29, 1.82) is 5.26 Å². The van der Waals surface area contributed by atoms with E-state index in [1.807, 2.05) is 36.4 Å². The third-order valence-corrected chi connectivity index (χ3v) is 2.52. The van der Waals surface area contributed by atoms with Crippen LogP contribution in [0.3, 0.4) is 0 Å². The van der Waals surface area contributed by atoms with Gasteiger partial charge in [0.05, 0.1) is 11.6 Å². The van der Waals surface area contributed by atoms with Gasteiger partial charge >= 0.3 is 0 Å². The molecule has 14 heavy (non-hydrogen) atoms. The summed E-state index contributed by atoms with van der Waals surface area (Å²) in [5, 5.41) is 11.1. The topological polar surface area (TPSA) is 23.8 Å². The Hall–Kier alpha value is -1.52. The third kappa shape index (κ3) is 1.45. The molecule has 2 rings (SSSR count). The molecule has 0 radical (unpaired) electrons. The van der Waals surface area contributed by atoms with Crippen LogP contribution in [0.4, 0.5) is 0 Å². The average Bonchev–Trinajstić information content (AvgIpc) is 2.27. The molecule has 0 atom stereocenters. The summed E-state index contributed by atoms with van der Waals surface area (Å²) in [7, 11) is 0. The van der Waals surface area contributed by atoms with Crippen molar-refractivity contribution in [3.8, 4) is 6.07 Å². The summed E-state index contributed by atoms with van der Waals surface area (Å²) in [6, 6.07) is 14.0. The van der Waals surface area contributed by atoms with Crippen LogP contribution in [0.2, 0.25) is 0 Å². The molecule has 0 bridgehead atoms. The maximum Gasteiger partial charge on any atom is 0.0995 e. The molecule has 0 amide bonds. The van der Waals surface area contributed by atoms with E-state index < -0.39 is 0 Å². The van der Waals surface area contributed by atoms with Crippen LogP contribution >= 0.6 is 11.6 Å². The van der Waals surface area contributed by atoms with Gasteiger partial charge in [-0.15, -0.1) is 11.6 Å². The first-order valence-corrected chi connectivity index (χ1v) is 4.86. The molecule has 1 nitrogen and oxygen atoms in total. The summed E-state index contributed by atoms with van der Waals surface area (Å²) in [4.78, 5) is 0. The minimum Gasteiger partial charge on any atom is -0.192 e. The summed E-state index contributed by atoms with van der Waals surface area (Å²) in [5.41, 5.74) is 1.56. The molecule has 0 spiro atoms. The molecule has 0 aliphatic heterocycles. The van der Waals surface area contributed by atoms with Crippen LogP contribution in [-0.4, -0.2) is 0 Å². The molecule has 2 heteroatoms. The van der Waals surface area contributed by atoms with E-state index in [1.54, 1.807) is 0 Å². The number of fused-ring (bicyclic) bond motifs is 1. The summed E-state index contributed by atoms with van der Waals surface area (Å²) in [6.45, 7) is 0. The van der Waals surface area contributed by atoms with Crippen LogP contribution in [-0.2, 0) is 5.88 Å². The van der Waals surface area contributed by atoms with Gasteiger partial charge in [0.2, 0.25) is 0 Å². The molecular formula is C12H8ClN. The highest BCUT2D eigenvalue weighted by Crippen LogP contribution is 2.20. The van der Waals surface area contributed by atoms with Crippen LogP contribution in [0.25, 0.3) is 10.8 Å². The Labute approximate surface area is 87.5 Å². The number of halogens is 1. The molecule has 0 aliphatic carbocycles. The van der Waals surface area contributed by atoms with Crippen molar-refractivity contribution >= 4 is 22.4 Å². The highest BCUT2D eigenvalue weighted by atomic mass is 35.5. The van der Waals surface area contributed by atoms with E-state index >= 15 is 0 Å². The largest absolute Gasteiger partial charge is 0.192 e. The first-order chi connectivity index (χ1) is 6.85. The highest BCUT2D eigenvalue weighted by molar-refractivity contribution is 6.17. The van der Waals surface area contributed by atoms with Gasteiger partial charge in [0.15, 0.2) is 0 Å². The third-order valence-electron chi connectivity index (χ3n) is 2.24. The van der Waals surface area contributed by atoms with Crippen LogP contribution in [0.5, 0.6) is 0 Å². The average molecular weight is 202 g/mol. The molecule has 0 aromatic heterocycles. The fraction of sp³-hybridized carbons (Fsp3) is 0.0833. The van der Waals surface area contributed by atoms with Gasteiger partial charge in [0.1, 0.15) is 0 Å². The van der Waals surface area contributed by atoms with E-state index in [-0.39, 0.29) is 0 Å². The lowest BCUT2D eigenvalue weighted by atomic mass is 10.0. The van der Waals surface area contributed by atoms with Gasteiger partial charge in [-0.3, -0.25) is 0 Å². The molecular weight excluding hydrogens is 194 g/mol. The second kappa shape index (κ2) is 3.69. The number of benzene rings is 2. The smallest absolute Gasteiger partial charge is 0.0995 e. The lowest BCUT2D eigenvalue weighted by Crippen LogP contribution is -1.86. The van der Waals surface area contributed by atoms with Gasteiger partial charge < -0.3 is 0 Å². The van der Waals surface area contributed by atoms with Gasteiger partial charge in [0, 0.05) is 5.88 Å². The molecule has 0 saturated carbocycles. The van der Waals surface area contributed by atoms with Gasteiger partial charge in [-0.2, -0.15) is 5.26 Å². The quantitative estimate of drug-likeness (QED) is 0.649. The predicted octanol–water partition coefficient (Wildman–Crippen LogP) is 3.45. The zero-order chi connectivity index (χ0) is 9.97. The van der Waals surface area contributed by atoms with E-state index in [0.717, 1.165) is 16.3 Å². The van der Waals surface area contributed by atoms with Crippen LogP contribution < -0.4 is 0 Å². The number of hydrogen-bond donors (Lipinski definition) is 0. The van der Waals surface area contributed by atoms with E-state index in [4.69, 9.17) is 16.9 Å². The SMILES string of the molecule is N#Cc1cc2ccccc2cc1CCl.